The summed E-state index contributed by atoms with van der Waals surface area (Å²) in [6, 6.07) is 2.74. The number of epoxide rings is 1. The molecule has 3 aliphatic heterocycles. The summed E-state index contributed by atoms with van der Waals surface area (Å²) in [5, 5.41) is 57.0. The van der Waals surface area contributed by atoms with E-state index in [1.807, 2.05) is 0 Å². The molecule has 6 aliphatic rings. The van der Waals surface area contributed by atoms with Crippen LogP contribution in [0.15, 0.2) is 23.5 Å². The maximum absolute atomic E-state index is 13.6. The fourth-order valence-corrected chi connectivity index (χ4v) is 7.45. The lowest BCUT2D eigenvalue weighted by Gasteiger charge is -2.55. The summed E-state index contributed by atoms with van der Waals surface area (Å²) < 4.78 is 28.8. The predicted molar refractivity (Wildman–Crippen MR) is 117 cm³/mol. The minimum Gasteiger partial charge on any atom is -0.476 e. The van der Waals surface area contributed by atoms with E-state index in [2.05, 4.69) is 0 Å². The number of halogens is 1. The highest BCUT2D eigenvalue weighted by atomic mass is 35.5. The van der Waals surface area contributed by atoms with Gasteiger partial charge in [-0.25, -0.2) is 4.79 Å². The fraction of sp³-hybridized carbons (Fsp3) is 0.583. The molecule has 0 amide bonds. The number of esters is 1. The van der Waals surface area contributed by atoms with Gasteiger partial charge in [0.25, 0.3) is 5.79 Å². The van der Waals surface area contributed by atoms with Gasteiger partial charge in [-0.1, -0.05) is 11.6 Å². The first-order valence-electron chi connectivity index (χ1n) is 11.7. The number of carbonyl (C=O) groups excluding carboxylic acids is 2. The Morgan fingerprint density at radius 1 is 1.14 bits per heavy atom. The van der Waals surface area contributed by atoms with Crippen LogP contribution in [0.4, 0.5) is 0 Å². The number of aliphatic hydroxyl groups is 5. The molecule has 1 saturated carbocycles. The SMILES string of the molecule is CO[C@H]1C(=O)OC[C@H](O)c2cc(Cl)c3c(c2)[C@@]24O[C@]5(O)C(=C(C)C(=O)C16OC65)OC2([C@H](O)C[C@H]4O)[C@@H]3O. The Bertz CT molecular complexity index is 1330. The van der Waals surface area contributed by atoms with Crippen LogP contribution in [0.3, 0.4) is 0 Å². The average molecular weight is 539 g/mol. The molecule has 10 atom stereocenters. The van der Waals surface area contributed by atoms with Crippen LogP contribution in [0, 0.1) is 0 Å². The third-order valence-corrected chi connectivity index (χ3v) is 9.09. The Morgan fingerprint density at radius 3 is 2.57 bits per heavy atom. The quantitative estimate of drug-likeness (QED) is 0.212. The lowest BCUT2D eigenvalue weighted by molar-refractivity contribution is -0.387. The van der Waals surface area contributed by atoms with Crippen molar-refractivity contribution in [2.45, 2.75) is 72.6 Å². The molecule has 5 N–H and O–H groups in total. The van der Waals surface area contributed by atoms with Gasteiger partial charge in [0.05, 0.1) is 6.10 Å². The van der Waals surface area contributed by atoms with E-state index >= 15 is 0 Å². The molecule has 7 rings (SSSR count). The first-order valence-corrected chi connectivity index (χ1v) is 12.1. The molecule has 5 bridgehead atoms. The lowest BCUT2D eigenvalue weighted by atomic mass is 9.75. The highest BCUT2D eigenvalue weighted by molar-refractivity contribution is 6.31. The molecule has 12 nitrogen and oxygen atoms in total. The van der Waals surface area contributed by atoms with E-state index in [1.165, 1.54) is 19.1 Å². The number of fused-ring (bicyclic) bond motifs is 1. The van der Waals surface area contributed by atoms with Gasteiger partial charge >= 0.3 is 5.97 Å². The van der Waals surface area contributed by atoms with E-state index < -0.39 is 83.3 Å². The van der Waals surface area contributed by atoms with Crippen LogP contribution < -0.4 is 0 Å². The molecule has 0 radical (unpaired) electrons. The Morgan fingerprint density at radius 2 is 1.86 bits per heavy atom. The first-order chi connectivity index (χ1) is 17.4. The Hall–Kier alpha value is -2.13. The number of Topliss-reactive ketones (excluding diaryl/α,β-unsaturated/α-hetero) is 1. The zero-order valence-electron chi connectivity index (χ0n) is 19.5. The zero-order valence-corrected chi connectivity index (χ0v) is 20.3. The molecular formula is C24H23ClO12. The van der Waals surface area contributed by atoms with Gasteiger partial charge in [0, 0.05) is 29.7 Å². The Kier molecular flexibility index (Phi) is 4.46. The van der Waals surface area contributed by atoms with Crippen molar-refractivity contribution in [1.29, 1.82) is 0 Å². The second-order valence-corrected chi connectivity index (χ2v) is 10.8. The summed E-state index contributed by atoms with van der Waals surface area (Å²) in [4.78, 5) is 26.6. The van der Waals surface area contributed by atoms with Crippen LogP contribution in [0.5, 0.6) is 0 Å². The van der Waals surface area contributed by atoms with E-state index in [1.54, 1.807) is 0 Å². The van der Waals surface area contributed by atoms with Gasteiger partial charge in [-0.2, -0.15) is 0 Å². The van der Waals surface area contributed by atoms with E-state index in [9.17, 15) is 35.1 Å². The number of carbonyl (C=O) groups is 2. The highest BCUT2D eigenvalue weighted by Gasteiger charge is 2.88. The van der Waals surface area contributed by atoms with Crippen LogP contribution in [0.25, 0.3) is 0 Å². The number of rotatable bonds is 1. The molecule has 13 heteroatoms. The van der Waals surface area contributed by atoms with Gasteiger partial charge in [-0.3, -0.25) is 4.79 Å². The van der Waals surface area contributed by atoms with Crippen molar-refractivity contribution < 1.29 is 58.8 Å². The molecule has 1 aromatic rings. The van der Waals surface area contributed by atoms with E-state index in [4.69, 9.17) is 35.3 Å². The van der Waals surface area contributed by atoms with E-state index in [0.717, 1.165) is 7.11 Å². The number of hydrogen-bond donors (Lipinski definition) is 5. The topological polar surface area (TPSA) is 185 Å². The van der Waals surface area contributed by atoms with Gasteiger partial charge in [0.1, 0.15) is 24.9 Å². The highest BCUT2D eigenvalue weighted by Crippen LogP contribution is 2.71. The Labute approximate surface area is 213 Å². The second kappa shape index (κ2) is 6.89. The van der Waals surface area contributed by atoms with Crippen LogP contribution in [-0.4, -0.2) is 92.4 Å². The Balaban J connectivity index is 1.57. The molecule has 37 heavy (non-hydrogen) atoms. The first kappa shape index (κ1) is 23.9. The van der Waals surface area contributed by atoms with E-state index in [0.29, 0.717) is 0 Å². The third-order valence-electron chi connectivity index (χ3n) is 8.78. The standard InChI is InChI=1S/C24H23ClO12/c1-7-15(29)21-18(33-2)19(31)34-6-11(26)8-3-9-14(10(25)4-8)16(30)23-13(28)5-12(27)22(9,23)37-24(32,17(7)35-23)20(21)36-21/h3-4,11-13,16,18,20,26-28,30,32H,5-6H2,1-2H3/t11-,12+,13+,16+,18-,20?,21?,22-,23?,24+/m0/s1. The smallest absolute Gasteiger partial charge is 0.339 e. The van der Waals surface area contributed by atoms with Crippen LogP contribution in [0.1, 0.15) is 42.2 Å². The molecule has 1 spiro atoms. The molecule has 198 valence electrons. The summed E-state index contributed by atoms with van der Waals surface area (Å²) in [6.45, 7) is 0.753. The van der Waals surface area contributed by atoms with Crippen molar-refractivity contribution in [1.82, 2.24) is 0 Å². The molecule has 3 aliphatic carbocycles. The normalized spacial score (nSPS) is 49.1. The molecular weight excluding hydrogens is 516 g/mol. The van der Waals surface area contributed by atoms with Crippen molar-refractivity contribution in [3.05, 3.63) is 45.2 Å². The van der Waals surface area contributed by atoms with Gasteiger partial charge in [0.15, 0.2) is 40.6 Å². The van der Waals surface area contributed by atoms with Gasteiger partial charge in [-0.05, 0) is 30.2 Å². The minimum atomic E-state index is -2.56. The molecule has 3 heterocycles. The monoisotopic (exact) mass is 538 g/mol. The molecule has 1 aromatic carbocycles. The van der Waals surface area contributed by atoms with Crippen LogP contribution in [0.2, 0.25) is 5.02 Å². The molecule has 2 saturated heterocycles. The van der Waals surface area contributed by atoms with Crippen molar-refractivity contribution in [2.75, 3.05) is 13.7 Å². The number of hydrogen-bond acceptors (Lipinski definition) is 12. The van der Waals surface area contributed by atoms with Crippen LogP contribution in [-0.2, 0) is 38.9 Å². The predicted octanol–water partition coefficient (Wildman–Crippen LogP) is -1.22. The summed E-state index contributed by atoms with van der Waals surface area (Å²) in [7, 11) is 1.15. The number of benzene rings is 1. The van der Waals surface area contributed by atoms with Gasteiger partial charge in [-0.15, -0.1) is 0 Å². The molecule has 3 unspecified atom stereocenters. The van der Waals surface area contributed by atoms with Crippen LogP contribution >= 0.6 is 11.6 Å². The maximum atomic E-state index is 13.6. The summed E-state index contributed by atoms with van der Waals surface area (Å²) in [6.07, 6.45) is -9.68. The van der Waals surface area contributed by atoms with Crippen molar-refractivity contribution in [3.63, 3.8) is 0 Å². The maximum Gasteiger partial charge on any atom is 0.339 e. The minimum absolute atomic E-state index is 0.0480. The lowest BCUT2D eigenvalue weighted by Crippen LogP contribution is -2.70. The largest absolute Gasteiger partial charge is 0.476 e. The van der Waals surface area contributed by atoms with Crippen molar-refractivity contribution in [3.8, 4) is 0 Å². The second-order valence-electron chi connectivity index (χ2n) is 10.4. The summed E-state index contributed by atoms with van der Waals surface area (Å²) in [5.41, 5.74) is -6.23. The van der Waals surface area contributed by atoms with Gasteiger partial charge < -0.3 is 49.2 Å². The summed E-state index contributed by atoms with van der Waals surface area (Å²) in [5.74, 6) is -4.78. The zero-order chi connectivity index (χ0) is 26.4. The third kappa shape index (κ3) is 2.32. The van der Waals surface area contributed by atoms with Crippen molar-refractivity contribution in [2.24, 2.45) is 0 Å². The number of ether oxygens (including phenoxy) is 5. The van der Waals surface area contributed by atoms with Gasteiger partial charge in [0.2, 0.25) is 0 Å². The number of methoxy groups -OCH3 is 1. The fourth-order valence-electron chi connectivity index (χ4n) is 7.12. The number of aliphatic hydroxyl groups excluding tert-OH is 4. The number of cyclic esters (lactones) is 1. The van der Waals surface area contributed by atoms with E-state index in [-0.39, 0.29) is 33.7 Å². The van der Waals surface area contributed by atoms with Crippen molar-refractivity contribution >= 4 is 23.4 Å². The number of ketones is 1. The molecule has 3 fully saturated rings. The average Bonchev–Trinajstić information content (AvgIpc) is 3.52. The molecule has 0 aromatic heterocycles. The summed E-state index contributed by atoms with van der Waals surface area (Å²) >= 11 is 6.54.